The quantitative estimate of drug-likeness (QED) is 0.665. The number of halogens is 2. The van der Waals surface area contributed by atoms with Crippen LogP contribution in [-0.2, 0) is 0 Å². The summed E-state index contributed by atoms with van der Waals surface area (Å²) < 4.78 is 6.64. The maximum Gasteiger partial charge on any atom is 0.231 e. The number of nitrogens with zero attached hydrogens (tertiary/aromatic N) is 2. The molecule has 0 aliphatic rings. The number of fused-ring (bicyclic) bond motifs is 1. The molecule has 0 aliphatic heterocycles. The number of thiophene rings is 1. The molecule has 0 unspecified atom stereocenters. The zero-order valence-corrected chi connectivity index (χ0v) is 12.1. The first-order valence-corrected chi connectivity index (χ1v) is 7.10. The summed E-state index contributed by atoms with van der Waals surface area (Å²) in [5.74, 6) is 1.09. The Morgan fingerprint density at radius 1 is 1.22 bits per heavy atom. The maximum atomic E-state index is 6.11. The minimum absolute atomic E-state index is 0.519. The van der Waals surface area contributed by atoms with Crippen molar-refractivity contribution in [2.45, 2.75) is 0 Å². The fraction of sp³-hybridized carbons (Fsp3) is 0. The lowest BCUT2D eigenvalue weighted by Crippen LogP contribution is -1.90. The highest BCUT2D eigenvalue weighted by molar-refractivity contribution is 9.10. The van der Waals surface area contributed by atoms with Gasteiger partial charge in [0.25, 0.3) is 0 Å². The summed E-state index contributed by atoms with van der Waals surface area (Å²) in [5, 5.41) is 3.38. The average Bonchev–Trinajstić information content (AvgIpc) is 2.82. The second-order valence-corrected chi connectivity index (χ2v) is 5.71. The third-order valence-corrected chi connectivity index (χ3v) is 3.94. The van der Waals surface area contributed by atoms with Gasteiger partial charge >= 0.3 is 0 Å². The molecule has 3 nitrogen and oxygen atoms in total. The average molecular weight is 342 g/mol. The Morgan fingerprint density at radius 2 is 2.11 bits per heavy atom. The van der Waals surface area contributed by atoms with E-state index in [-0.39, 0.29) is 0 Å². The molecule has 0 fully saturated rings. The van der Waals surface area contributed by atoms with E-state index in [1.165, 1.54) is 6.33 Å². The molecule has 1 aromatic carbocycles. The second kappa shape index (κ2) is 4.84. The van der Waals surface area contributed by atoms with E-state index in [4.69, 9.17) is 16.3 Å². The van der Waals surface area contributed by atoms with Crippen molar-refractivity contribution in [3.05, 3.63) is 45.5 Å². The van der Waals surface area contributed by atoms with Crippen LogP contribution in [0.2, 0.25) is 5.02 Å². The van der Waals surface area contributed by atoms with E-state index in [2.05, 4.69) is 25.9 Å². The standard InChI is InChI=1S/C12H6BrClN2OS/c13-7-1-2-10(9(14)5-7)17-11-8-3-4-18-12(8)16-6-15-11/h1-6H. The Hall–Kier alpha value is -1.17. The van der Waals surface area contributed by atoms with Gasteiger partial charge in [0.2, 0.25) is 5.88 Å². The van der Waals surface area contributed by atoms with E-state index >= 15 is 0 Å². The molecule has 0 saturated heterocycles. The van der Waals surface area contributed by atoms with Crippen LogP contribution in [0, 0.1) is 0 Å². The normalized spacial score (nSPS) is 10.8. The van der Waals surface area contributed by atoms with Gasteiger partial charge < -0.3 is 4.74 Å². The van der Waals surface area contributed by atoms with Crippen LogP contribution in [0.4, 0.5) is 0 Å². The number of ether oxygens (including phenoxy) is 1. The van der Waals surface area contributed by atoms with Crippen molar-refractivity contribution in [2.75, 3.05) is 0 Å². The Bertz CT molecular complexity index is 716. The Kier molecular flexibility index (Phi) is 3.20. The van der Waals surface area contributed by atoms with Gasteiger partial charge in [-0.15, -0.1) is 11.3 Å². The molecule has 0 spiro atoms. The van der Waals surface area contributed by atoms with Gasteiger partial charge in [0, 0.05) is 4.47 Å². The van der Waals surface area contributed by atoms with Crippen LogP contribution in [0.3, 0.4) is 0 Å². The molecule has 0 N–H and O–H groups in total. The third-order valence-electron chi connectivity index (χ3n) is 2.33. The second-order valence-electron chi connectivity index (χ2n) is 3.50. The van der Waals surface area contributed by atoms with Gasteiger partial charge in [-0.3, -0.25) is 0 Å². The summed E-state index contributed by atoms with van der Waals surface area (Å²) in [4.78, 5) is 9.20. The molecule has 3 rings (SSSR count). The van der Waals surface area contributed by atoms with E-state index in [0.717, 1.165) is 14.7 Å². The van der Waals surface area contributed by atoms with Crippen molar-refractivity contribution in [3.8, 4) is 11.6 Å². The molecule has 0 atom stereocenters. The Labute approximate surface area is 121 Å². The van der Waals surface area contributed by atoms with Crippen molar-refractivity contribution in [1.29, 1.82) is 0 Å². The zero-order chi connectivity index (χ0) is 12.5. The van der Waals surface area contributed by atoms with Crippen LogP contribution in [0.25, 0.3) is 10.2 Å². The number of benzene rings is 1. The third kappa shape index (κ3) is 2.21. The van der Waals surface area contributed by atoms with E-state index < -0.39 is 0 Å². The summed E-state index contributed by atoms with van der Waals surface area (Å²) >= 11 is 11.0. The predicted molar refractivity (Wildman–Crippen MR) is 76.6 cm³/mol. The molecule has 0 aliphatic carbocycles. The molecule has 90 valence electrons. The molecule has 6 heteroatoms. The van der Waals surface area contributed by atoms with Gasteiger partial charge in [-0.25, -0.2) is 9.97 Å². The van der Waals surface area contributed by atoms with E-state index in [1.807, 2.05) is 17.5 Å². The molecule has 2 aromatic heterocycles. The van der Waals surface area contributed by atoms with Crippen LogP contribution in [0.5, 0.6) is 11.6 Å². The summed E-state index contributed by atoms with van der Waals surface area (Å²) in [6, 6.07) is 7.38. The van der Waals surface area contributed by atoms with Crippen molar-refractivity contribution < 1.29 is 4.74 Å². The number of rotatable bonds is 2. The van der Waals surface area contributed by atoms with Crippen LogP contribution in [0.15, 0.2) is 40.4 Å². The van der Waals surface area contributed by atoms with E-state index in [0.29, 0.717) is 16.7 Å². The lowest BCUT2D eigenvalue weighted by atomic mass is 10.3. The first kappa shape index (κ1) is 11.9. The molecule has 0 bridgehead atoms. The number of hydrogen-bond acceptors (Lipinski definition) is 4. The van der Waals surface area contributed by atoms with Gasteiger partial charge in [0.15, 0.2) is 0 Å². The molecule has 0 saturated carbocycles. The summed E-state index contributed by atoms with van der Waals surface area (Å²) in [7, 11) is 0. The summed E-state index contributed by atoms with van der Waals surface area (Å²) in [6.07, 6.45) is 1.49. The lowest BCUT2D eigenvalue weighted by molar-refractivity contribution is 0.468. The largest absolute Gasteiger partial charge is 0.437 e. The minimum Gasteiger partial charge on any atom is -0.437 e. The monoisotopic (exact) mass is 340 g/mol. The smallest absolute Gasteiger partial charge is 0.231 e. The number of aromatic nitrogens is 2. The van der Waals surface area contributed by atoms with E-state index in [9.17, 15) is 0 Å². The highest BCUT2D eigenvalue weighted by atomic mass is 79.9. The van der Waals surface area contributed by atoms with Gasteiger partial charge in [0.05, 0.1) is 10.4 Å². The minimum atomic E-state index is 0.519. The van der Waals surface area contributed by atoms with E-state index in [1.54, 1.807) is 23.5 Å². The van der Waals surface area contributed by atoms with Gasteiger partial charge in [-0.1, -0.05) is 27.5 Å². The molecule has 3 aromatic rings. The predicted octanol–water partition coefficient (Wildman–Crippen LogP) is 4.90. The highest BCUT2D eigenvalue weighted by Gasteiger charge is 2.09. The summed E-state index contributed by atoms with van der Waals surface area (Å²) in [5.41, 5.74) is 0. The van der Waals surface area contributed by atoms with Gasteiger partial charge in [-0.2, -0.15) is 0 Å². The zero-order valence-electron chi connectivity index (χ0n) is 8.93. The van der Waals surface area contributed by atoms with Crippen LogP contribution < -0.4 is 4.74 Å². The van der Waals surface area contributed by atoms with Crippen LogP contribution in [0.1, 0.15) is 0 Å². The Balaban J connectivity index is 2.03. The molecule has 0 radical (unpaired) electrons. The molecular weight excluding hydrogens is 336 g/mol. The molecule has 18 heavy (non-hydrogen) atoms. The van der Waals surface area contributed by atoms with Crippen molar-refractivity contribution in [3.63, 3.8) is 0 Å². The number of hydrogen-bond donors (Lipinski definition) is 0. The Morgan fingerprint density at radius 3 is 2.94 bits per heavy atom. The summed E-state index contributed by atoms with van der Waals surface area (Å²) in [6.45, 7) is 0. The van der Waals surface area contributed by atoms with Crippen molar-refractivity contribution in [2.24, 2.45) is 0 Å². The highest BCUT2D eigenvalue weighted by Crippen LogP contribution is 2.34. The maximum absolute atomic E-state index is 6.11. The van der Waals surface area contributed by atoms with Gasteiger partial charge in [-0.05, 0) is 29.6 Å². The van der Waals surface area contributed by atoms with Gasteiger partial charge in [0.1, 0.15) is 16.9 Å². The molecule has 0 amide bonds. The van der Waals surface area contributed by atoms with Crippen molar-refractivity contribution in [1.82, 2.24) is 9.97 Å². The van der Waals surface area contributed by atoms with Crippen LogP contribution >= 0.6 is 38.9 Å². The topological polar surface area (TPSA) is 35.0 Å². The fourth-order valence-electron chi connectivity index (χ4n) is 1.51. The first-order chi connectivity index (χ1) is 8.74. The van der Waals surface area contributed by atoms with Crippen LogP contribution in [-0.4, -0.2) is 9.97 Å². The molecule has 2 heterocycles. The first-order valence-electron chi connectivity index (χ1n) is 5.05. The van der Waals surface area contributed by atoms with Crippen molar-refractivity contribution >= 4 is 49.1 Å². The molecular formula is C12H6BrClN2OS. The lowest BCUT2D eigenvalue weighted by Gasteiger charge is -2.07. The SMILES string of the molecule is Clc1cc(Br)ccc1Oc1ncnc2sccc12. The fourth-order valence-corrected chi connectivity index (χ4v) is 2.95.